The van der Waals surface area contributed by atoms with Crippen molar-refractivity contribution in [2.45, 2.75) is 0 Å². The van der Waals surface area contributed by atoms with E-state index in [1.165, 1.54) is 10.8 Å². The molecule has 266 valence electrons. The summed E-state index contributed by atoms with van der Waals surface area (Å²) in [5.74, 6) is 1.83. The third kappa shape index (κ3) is 4.94. The maximum atomic E-state index is 6.78. The van der Waals surface area contributed by atoms with Crippen LogP contribution < -0.4 is 0 Å². The molecule has 4 heterocycles. The zero-order chi connectivity index (χ0) is 37.5. The minimum atomic E-state index is 0.588. The molecule has 57 heavy (non-hydrogen) atoms. The quantitative estimate of drug-likeness (QED) is 0.176. The van der Waals surface area contributed by atoms with E-state index in [2.05, 4.69) is 120 Å². The molecule has 0 radical (unpaired) electrons. The highest BCUT2D eigenvalue weighted by atomic mass is 16.3. The molecule has 0 bridgehead atoms. The van der Waals surface area contributed by atoms with Gasteiger partial charge in [0, 0.05) is 49.0 Å². The fraction of sp³-hybridized carbons (Fsp3) is 0. The number of para-hydroxylation sites is 3. The van der Waals surface area contributed by atoms with Gasteiger partial charge in [-0.3, -0.25) is 0 Å². The Bertz CT molecular complexity index is 3410. The Morgan fingerprint density at radius 3 is 1.65 bits per heavy atom. The van der Waals surface area contributed by atoms with Gasteiger partial charge >= 0.3 is 0 Å². The Balaban J connectivity index is 0.991. The predicted molar refractivity (Wildman–Crippen MR) is 230 cm³/mol. The summed E-state index contributed by atoms with van der Waals surface area (Å²) in [7, 11) is 0. The van der Waals surface area contributed by atoms with E-state index in [0.29, 0.717) is 17.5 Å². The van der Waals surface area contributed by atoms with E-state index in [0.717, 1.165) is 88.4 Å². The molecule has 0 atom stereocenters. The molecule has 0 amide bonds. The van der Waals surface area contributed by atoms with Gasteiger partial charge in [-0.05, 0) is 59.7 Å². The summed E-state index contributed by atoms with van der Waals surface area (Å²) in [6.07, 6.45) is 0. The zero-order valence-electron chi connectivity index (χ0n) is 30.4. The largest absolute Gasteiger partial charge is 0.456 e. The molecular weight excluding hydrogens is 701 g/mol. The van der Waals surface area contributed by atoms with Gasteiger partial charge in [-0.15, -0.1) is 0 Å². The van der Waals surface area contributed by atoms with Crippen molar-refractivity contribution in [1.82, 2.24) is 19.5 Å². The number of benzene rings is 8. The van der Waals surface area contributed by atoms with E-state index in [-0.39, 0.29) is 0 Å². The summed E-state index contributed by atoms with van der Waals surface area (Å²) in [5.41, 5.74) is 11.5. The van der Waals surface area contributed by atoms with E-state index in [4.69, 9.17) is 23.8 Å². The second-order valence-electron chi connectivity index (χ2n) is 14.4. The van der Waals surface area contributed by atoms with E-state index in [1.807, 2.05) is 66.7 Å². The van der Waals surface area contributed by atoms with Gasteiger partial charge in [-0.25, -0.2) is 15.0 Å². The first kappa shape index (κ1) is 31.5. The third-order valence-electron chi connectivity index (χ3n) is 11.1. The van der Waals surface area contributed by atoms with Crippen molar-refractivity contribution in [3.8, 4) is 51.0 Å². The monoisotopic (exact) mass is 730 g/mol. The van der Waals surface area contributed by atoms with Crippen molar-refractivity contribution in [3.63, 3.8) is 0 Å². The lowest BCUT2D eigenvalue weighted by Crippen LogP contribution is -2.00. The molecule has 12 rings (SSSR count). The van der Waals surface area contributed by atoms with E-state index in [1.54, 1.807) is 0 Å². The number of furan rings is 2. The van der Waals surface area contributed by atoms with E-state index >= 15 is 0 Å². The Morgan fingerprint density at radius 1 is 0.351 bits per heavy atom. The lowest BCUT2D eigenvalue weighted by Gasteiger charge is -2.08. The van der Waals surface area contributed by atoms with Gasteiger partial charge in [0.25, 0.3) is 0 Å². The van der Waals surface area contributed by atoms with Crippen LogP contribution >= 0.6 is 0 Å². The van der Waals surface area contributed by atoms with E-state index < -0.39 is 0 Å². The zero-order valence-corrected chi connectivity index (χ0v) is 30.4. The number of hydrogen-bond donors (Lipinski definition) is 0. The highest BCUT2D eigenvalue weighted by molar-refractivity contribution is 6.17. The Labute approximate surface area is 325 Å². The summed E-state index contributed by atoms with van der Waals surface area (Å²) in [6.45, 7) is 0. The second-order valence-corrected chi connectivity index (χ2v) is 14.4. The predicted octanol–water partition coefficient (Wildman–Crippen LogP) is 13.4. The summed E-state index contributed by atoms with van der Waals surface area (Å²) in [5, 5.41) is 6.66. The molecule has 0 N–H and O–H groups in total. The molecule has 0 aliphatic heterocycles. The second kappa shape index (κ2) is 12.3. The van der Waals surface area contributed by atoms with Crippen LogP contribution in [-0.2, 0) is 0 Å². The number of nitrogens with zero attached hydrogens (tertiary/aromatic N) is 4. The van der Waals surface area contributed by atoms with Gasteiger partial charge in [-0.2, -0.15) is 0 Å². The van der Waals surface area contributed by atoms with Crippen LogP contribution in [0.5, 0.6) is 0 Å². The first-order valence-corrected chi connectivity index (χ1v) is 19.0. The van der Waals surface area contributed by atoms with Crippen LogP contribution in [0.15, 0.2) is 191 Å². The molecule has 8 aromatic carbocycles. The highest BCUT2D eigenvalue weighted by Gasteiger charge is 2.20. The lowest BCUT2D eigenvalue weighted by molar-refractivity contribution is 0.666. The molecule has 12 aromatic rings. The third-order valence-corrected chi connectivity index (χ3v) is 11.1. The minimum absolute atomic E-state index is 0.588. The fourth-order valence-electron chi connectivity index (χ4n) is 8.45. The SMILES string of the molecule is c1ccc(-c2nc(-c3ccccc3)nc(-c3ccc4c(c3)oc3ccc(-c5cccc6oc7c(-n8c9ccccc9c9ccccc98)cccc7c56)cc34)n2)cc1. The summed E-state index contributed by atoms with van der Waals surface area (Å²) in [4.78, 5) is 14.7. The van der Waals surface area contributed by atoms with Crippen LogP contribution in [0.2, 0.25) is 0 Å². The van der Waals surface area contributed by atoms with Crippen molar-refractivity contribution < 1.29 is 8.83 Å². The summed E-state index contributed by atoms with van der Waals surface area (Å²) >= 11 is 0. The van der Waals surface area contributed by atoms with E-state index in [9.17, 15) is 0 Å². The lowest BCUT2D eigenvalue weighted by atomic mass is 9.97. The van der Waals surface area contributed by atoms with Gasteiger partial charge < -0.3 is 13.4 Å². The molecule has 4 aromatic heterocycles. The Hall–Kier alpha value is -7.83. The van der Waals surface area contributed by atoms with Crippen LogP contribution in [0.3, 0.4) is 0 Å². The maximum absolute atomic E-state index is 6.78. The van der Waals surface area contributed by atoms with Gasteiger partial charge in [0.1, 0.15) is 16.7 Å². The van der Waals surface area contributed by atoms with Gasteiger partial charge in [0.05, 0.1) is 16.7 Å². The van der Waals surface area contributed by atoms with Crippen molar-refractivity contribution in [2.24, 2.45) is 0 Å². The van der Waals surface area contributed by atoms with Crippen LogP contribution in [0.25, 0.3) is 117 Å². The Kier molecular flexibility index (Phi) is 6.83. The average Bonchev–Trinajstić information content (AvgIpc) is 3.96. The molecule has 0 unspecified atom stereocenters. The molecular formula is C51H30N4O2. The topological polar surface area (TPSA) is 69.9 Å². The molecule has 0 spiro atoms. The first-order valence-electron chi connectivity index (χ1n) is 19.0. The number of hydrogen-bond acceptors (Lipinski definition) is 5. The fourth-order valence-corrected chi connectivity index (χ4v) is 8.45. The highest BCUT2D eigenvalue weighted by Crippen LogP contribution is 2.42. The molecule has 0 aliphatic carbocycles. The van der Waals surface area contributed by atoms with Crippen molar-refractivity contribution in [2.75, 3.05) is 0 Å². The molecule has 6 nitrogen and oxygen atoms in total. The van der Waals surface area contributed by atoms with Gasteiger partial charge in [0.15, 0.2) is 23.1 Å². The van der Waals surface area contributed by atoms with Crippen LogP contribution in [0, 0.1) is 0 Å². The average molecular weight is 731 g/mol. The standard InChI is InChI=1S/C51H30N4O2/c1-3-13-31(14-4-1)49-52-50(32-15-5-2-6-16-32)54-51(53-49)34-25-27-38-40-29-33(26-28-44(40)56-46(38)30-34)35-19-12-24-45-47(35)39-20-11-23-43(48(39)57-45)55-41-21-9-7-17-36(41)37-18-8-10-22-42(37)55/h1-30H. The van der Waals surface area contributed by atoms with Gasteiger partial charge in [0.2, 0.25) is 0 Å². The van der Waals surface area contributed by atoms with Crippen LogP contribution in [0.4, 0.5) is 0 Å². The maximum Gasteiger partial charge on any atom is 0.164 e. The molecule has 0 fully saturated rings. The van der Waals surface area contributed by atoms with Crippen molar-refractivity contribution in [1.29, 1.82) is 0 Å². The summed E-state index contributed by atoms with van der Waals surface area (Å²) in [6, 6.07) is 62.6. The summed E-state index contributed by atoms with van der Waals surface area (Å²) < 4.78 is 15.6. The molecule has 6 heteroatoms. The normalized spacial score (nSPS) is 11.9. The number of aromatic nitrogens is 4. The Morgan fingerprint density at radius 2 is 0.947 bits per heavy atom. The van der Waals surface area contributed by atoms with Gasteiger partial charge in [-0.1, -0.05) is 133 Å². The number of rotatable bonds is 5. The number of fused-ring (bicyclic) bond motifs is 9. The van der Waals surface area contributed by atoms with Crippen LogP contribution in [0.1, 0.15) is 0 Å². The molecule has 0 saturated carbocycles. The van der Waals surface area contributed by atoms with Crippen LogP contribution in [-0.4, -0.2) is 19.5 Å². The smallest absolute Gasteiger partial charge is 0.164 e. The van der Waals surface area contributed by atoms with Crippen molar-refractivity contribution in [3.05, 3.63) is 182 Å². The minimum Gasteiger partial charge on any atom is -0.456 e. The molecule has 0 aliphatic rings. The molecule has 0 saturated heterocycles. The van der Waals surface area contributed by atoms with Crippen molar-refractivity contribution >= 4 is 65.7 Å². The first-order chi connectivity index (χ1) is 28.2.